The first kappa shape index (κ1) is 8.05. The van der Waals surface area contributed by atoms with E-state index in [9.17, 15) is 4.79 Å². The van der Waals surface area contributed by atoms with Gasteiger partial charge >= 0.3 is 0 Å². The standard InChI is InChI=1S/C9H16N2O/c1-8(2)3-6-11-9(8)4-5-10-7(9)12/h11H,3-6H2,1-2H3,(H,10,12). The van der Waals surface area contributed by atoms with Crippen LogP contribution in [0.2, 0.25) is 0 Å². The highest BCUT2D eigenvalue weighted by Crippen LogP contribution is 2.42. The average molecular weight is 168 g/mol. The van der Waals surface area contributed by atoms with Gasteiger partial charge in [0.05, 0.1) is 0 Å². The van der Waals surface area contributed by atoms with Crippen LogP contribution in [0.1, 0.15) is 26.7 Å². The van der Waals surface area contributed by atoms with Crippen molar-refractivity contribution in [1.82, 2.24) is 10.6 Å². The van der Waals surface area contributed by atoms with Gasteiger partial charge in [-0.25, -0.2) is 0 Å². The van der Waals surface area contributed by atoms with Crippen LogP contribution in [0.3, 0.4) is 0 Å². The molecule has 1 spiro atoms. The van der Waals surface area contributed by atoms with Crippen molar-refractivity contribution in [2.45, 2.75) is 32.2 Å². The lowest BCUT2D eigenvalue weighted by Gasteiger charge is -2.34. The normalized spacial score (nSPS) is 39.0. The van der Waals surface area contributed by atoms with Gasteiger partial charge in [0, 0.05) is 6.54 Å². The van der Waals surface area contributed by atoms with Gasteiger partial charge in [-0.2, -0.15) is 0 Å². The minimum Gasteiger partial charge on any atom is -0.354 e. The summed E-state index contributed by atoms with van der Waals surface area (Å²) in [5, 5.41) is 6.27. The molecule has 0 aromatic carbocycles. The Kier molecular flexibility index (Phi) is 1.49. The molecule has 2 rings (SSSR count). The summed E-state index contributed by atoms with van der Waals surface area (Å²) in [5.41, 5.74) is -0.138. The first-order chi connectivity index (χ1) is 5.58. The summed E-state index contributed by atoms with van der Waals surface area (Å²) in [6.45, 7) is 6.16. The van der Waals surface area contributed by atoms with Gasteiger partial charge in [0.25, 0.3) is 0 Å². The third-order valence-corrected chi connectivity index (χ3v) is 3.51. The van der Waals surface area contributed by atoms with E-state index in [1.54, 1.807) is 0 Å². The van der Waals surface area contributed by atoms with Gasteiger partial charge in [-0.1, -0.05) is 13.8 Å². The molecule has 0 aromatic rings. The minimum absolute atomic E-state index is 0.119. The lowest BCUT2D eigenvalue weighted by Crippen LogP contribution is -2.54. The number of hydrogen-bond acceptors (Lipinski definition) is 2. The maximum absolute atomic E-state index is 11.6. The molecule has 12 heavy (non-hydrogen) atoms. The van der Waals surface area contributed by atoms with Gasteiger partial charge in [0.1, 0.15) is 5.54 Å². The third-order valence-electron chi connectivity index (χ3n) is 3.51. The Morgan fingerprint density at radius 1 is 1.25 bits per heavy atom. The molecule has 2 saturated heterocycles. The highest BCUT2D eigenvalue weighted by atomic mass is 16.2. The second kappa shape index (κ2) is 2.22. The third kappa shape index (κ3) is 0.774. The Hall–Kier alpha value is -0.570. The van der Waals surface area contributed by atoms with E-state index in [1.165, 1.54) is 0 Å². The minimum atomic E-state index is -0.257. The van der Waals surface area contributed by atoms with Crippen LogP contribution in [0.15, 0.2) is 0 Å². The van der Waals surface area contributed by atoms with E-state index in [4.69, 9.17) is 0 Å². The summed E-state index contributed by atoms with van der Waals surface area (Å²) in [6.07, 6.45) is 2.04. The molecule has 2 aliphatic heterocycles. The summed E-state index contributed by atoms with van der Waals surface area (Å²) in [7, 11) is 0. The van der Waals surface area contributed by atoms with Crippen molar-refractivity contribution in [2.24, 2.45) is 5.41 Å². The quantitative estimate of drug-likeness (QED) is 0.545. The maximum Gasteiger partial charge on any atom is 0.240 e. The molecule has 1 amide bonds. The van der Waals surface area contributed by atoms with Gasteiger partial charge in [-0.3, -0.25) is 4.79 Å². The predicted octanol–water partition coefficient (Wildman–Crippen LogP) is 0.265. The Labute approximate surface area is 72.9 Å². The van der Waals surface area contributed by atoms with Crippen LogP contribution in [0.5, 0.6) is 0 Å². The molecular weight excluding hydrogens is 152 g/mol. The fourth-order valence-corrected chi connectivity index (χ4v) is 2.48. The molecule has 1 atom stereocenters. The molecule has 2 heterocycles. The van der Waals surface area contributed by atoms with Crippen LogP contribution >= 0.6 is 0 Å². The Morgan fingerprint density at radius 3 is 2.42 bits per heavy atom. The average Bonchev–Trinajstić information content (AvgIpc) is 2.45. The molecule has 0 saturated carbocycles. The zero-order valence-corrected chi connectivity index (χ0v) is 7.74. The highest BCUT2D eigenvalue weighted by Gasteiger charge is 2.55. The van der Waals surface area contributed by atoms with Crippen LogP contribution < -0.4 is 10.6 Å². The molecule has 2 N–H and O–H groups in total. The largest absolute Gasteiger partial charge is 0.354 e. The molecule has 0 bridgehead atoms. The number of hydrogen-bond donors (Lipinski definition) is 2. The van der Waals surface area contributed by atoms with E-state index in [0.29, 0.717) is 0 Å². The van der Waals surface area contributed by atoms with E-state index >= 15 is 0 Å². The zero-order chi connectivity index (χ0) is 8.82. The molecule has 2 aliphatic rings. The van der Waals surface area contributed by atoms with Crippen molar-refractivity contribution in [2.75, 3.05) is 13.1 Å². The second-order valence-electron chi connectivity index (χ2n) is 4.47. The summed E-state index contributed by atoms with van der Waals surface area (Å²) in [5.74, 6) is 0.199. The van der Waals surface area contributed by atoms with Crippen molar-refractivity contribution < 1.29 is 4.79 Å². The second-order valence-corrected chi connectivity index (χ2v) is 4.47. The smallest absolute Gasteiger partial charge is 0.240 e. The van der Waals surface area contributed by atoms with Crippen molar-refractivity contribution in [1.29, 1.82) is 0 Å². The van der Waals surface area contributed by atoms with E-state index in [0.717, 1.165) is 25.9 Å². The number of carbonyl (C=O) groups excluding carboxylic acids is 1. The first-order valence-corrected chi connectivity index (χ1v) is 4.62. The van der Waals surface area contributed by atoms with Crippen LogP contribution in [-0.2, 0) is 4.79 Å². The molecule has 0 aromatic heterocycles. The summed E-state index contributed by atoms with van der Waals surface area (Å²) < 4.78 is 0. The lowest BCUT2D eigenvalue weighted by atomic mass is 9.72. The van der Waals surface area contributed by atoms with Crippen LogP contribution in [-0.4, -0.2) is 24.5 Å². The topological polar surface area (TPSA) is 41.1 Å². The number of rotatable bonds is 0. The SMILES string of the molecule is CC1(C)CCNC12CCNC2=O. The van der Waals surface area contributed by atoms with E-state index in [-0.39, 0.29) is 16.9 Å². The number of amides is 1. The van der Waals surface area contributed by atoms with Crippen molar-refractivity contribution in [3.63, 3.8) is 0 Å². The van der Waals surface area contributed by atoms with Gasteiger partial charge < -0.3 is 10.6 Å². The molecule has 3 heteroatoms. The Morgan fingerprint density at radius 2 is 2.00 bits per heavy atom. The molecule has 0 radical (unpaired) electrons. The molecule has 0 aliphatic carbocycles. The van der Waals surface area contributed by atoms with Crippen molar-refractivity contribution >= 4 is 5.91 Å². The summed E-state index contributed by atoms with van der Waals surface area (Å²) >= 11 is 0. The molecule has 3 nitrogen and oxygen atoms in total. The van der Waals surface area contributed by atoms with Gasteiger partial charge in [-0.05, 0) is 24.8 Å². The molecule has 2 fully saturated rings. The molecule has 1 unspecified atom stereocenters. The highest BCUT2D eigenvalue weighted by molar-refractivity contribution is 5.89. The maximum atomic E-state index is 11.6. The van der Waals surface area contributed by atoms with Crippen LogP contribution in [0.25, 0.3) is 0 Å². The number of nitrogens with one attached hydrogen (secondary N) is 2. The number of carbonyl (C=O) groups is 1. The first-order valence-electron chi connectivity index (χ1n) is 4.62. The fourth-order valence-electron chi connectivity index (χ4n) is 2.48. The zero-order valence-electron chi connectivity index (χ0n) is 7.74. The Bertz CT molecular complexity index is 221. The Balaban J connectivity index is 2.35. The van der Waals surface area contributed by atoms with Gasteiger partial charge in [-0.15, -0.1) is 0 Å². The molecular formula is C9H16N2O. The van der Waals surface area contributed by atoms with Gasteiger partial charge in [0.2, 0.25) is 5.91 Å². The molecule has 68 valence electrons. The van der Waals surface area contributed by atoms with Crippen LogP contribution in [0, 0.1) is 5.41 Å². The predicted molar refractivity (Wildman–Crippen MR) is 46.8 cm³/mol. The van der Waals surface area contributed by atoms with E-state index in [2.05, 4.69) is 24.5 Å². The van der Waals surface area contributed by atoms with Crippen LogP contribution in [0.4, 0.5) is 0 Å². The lowest BCUT2D eigenvalue weighted by molar-refractivity contribution is -0.127. The van der Waals surface area contributed by atoms with Crippen molar-refractivity contribution in [3.05, 3.63) is 0 Å². The van der Waals surface area contributed by atoms with E-state index < -0.39 is 0 Å². The van der Waals surface area contributed by atoms with E-state index in [1.807, 2.05) is 0 Å². The summed E-state index contributed by atoms with van der Waals surface area (Å²) in [6, 6.07) is 0. The van der Waals surface area contributed by atoms with Gasteiger partial charge in [0.15, 0.2) is 0 Å². The summed E-state index contributed by atoms with van der Waals surface area (Å²) in [4.78, 5) is 11.6. The fraction of sp³-hybridized carbons (Fsp3) is 0.889. The monoisotopic (exact) mass is 168 g/mol. The van der Waals surface area contributed by atoms with Crippen molar-refractivity contribution in [3.8, 4) is 0 Å².